The molecule has 0 spiro atoms. The molecule has 2 heterocycles. The monoisotopic (exact) mass is 349 g/mol. The second kappa shape index (κ2) is 7.30. The number of carbonyl (C=O) groups is 1. The molecule has 5 heteroatoms. The first kappa shape index (κ1) is 16.8. The number of aryl methyl sites for hydroxylation is 1. The van der Waals surface area contributed by atoms with Crippen molar-refractivity contribution in [2.24, 2.45) is 0 Å². The van der Waals surface area contributed by atoms with E-state index in [0.717, 1.165) is 42.6 Å². The Morgan fingerprint density at radius 1 is 1.27 bits per heavy atom. The fraction of sp³-hybridized carbons (Fsp3) is 0.333. The molecule has 1 atom stereocenters. The van der Waals surface area contributed by atoms with E-state index < -0.39 is 0 Å². The van der Waals surface area contributed by atoms with Crippen LogP contribution in [0, 0.1) is 0 Å². The Kier molecular flexibility index (Phi) is 4.71. The maximum Gasteiger partial charge on any atom is 0.251 e. The Hall–Kier alpha value is -2.66. The van der Waals surface area contributed by atoms with Crippen LogP contribution in [0.15, 0.2) is 48.8 Å². The maximum atomic E-state index is 12.4. The number of hydrogen-bond acceptors (Lipinski definition) is 3. The predicted molar refractivity (Wildman–Crippen MR) is 102 cm³/mol. The van der Waals surface area contributed by atoms with Crippen LogP contribution in [0.1, 0.15) is 35.7 Å². The van der Waals surface area contributed by atoms with Gasteiger partial charge in [-0.25, -0.2) is 4.98 Å². The van der Waals surface area contributed by atoms with Crippen LogP contribution in [0.2, 0.25) is 0 Å². The van der Waals surface area contributed by atoms with Gasteiger partial charge in [-0.05, 0) is 55.2 Å². The van der Waals surface area contributed by atoms with E-state index in [1.54, 1.807) is 6.33 Å². The zero-order valence-corrected chi connectivity index (χ0v) is 14.9. The lowest BCUT2D eigenvalue weighted by molar-refractivity contribution is 0.0858. The molecule has 0 bridgehead atoms. The third kappa shape index (κ3) is 3.35. The third-order valence-electron chi connectivity index (χ3n) is 4.95. The molecule has 3 aromatic rings. The molecule has 134 valence electrons. The Morgan fingerprint density at radius 2 is 2.12 bits per heavy atom. The van der Waals surface area contributed by atoms with E-state index >= 15 is 0 Å². The van der Waals surface area contributed by atoms with Gasteiger partial charge in [-0.3, -0.25) is 9.36 Å². The van der Waals surface area contributed by atoms with E-state index in [9.17, 15) is 4.79 Å². The van der Waals surface area contributed by atoms with Crippen LogP contribution in [0.3, 0.4) is 0 Å². The van der Waals surface area contributed by atoms with Crippen LogP contribution >= 0.6 is 0 Å². The van der Waals surface area contributed by atoms with Crippen molar-refractivity contribution in [1.29, 1.82) is 0 Å². The lowest BCUT2D eigenvalue weighted by Crippen LogP contribution is -2.31. The van der Waals surface area contributed by atoms with Crippen LogP contribution in [-0.4, -0.2) is 34.7 Å². The number of benzene rings is 2. The van der Waals surface area contributed by atoms with Crippen molar-refractivity contribution in [2.45, 2.75) is 32.3 Å². The Balaban J connectivity index is 1.53. The number of hydrogen-bond donors (Lipinski definition) is 1. The minimum Gasteiger partial charge on any atom is -0.376 e. The number of nitrogens with one attached hydrogen (secondary N) is 1. The van der Waals surface area contributed by atoms with Crippen molar-refractivity contribution in [3.8, 4) is 5.69 Å². The van der Waals surface area contributed by atoms with E-state index in [-0.39, 0.29) is 12.0 Å². The molecule has 26 heavy (non-hydrogen) atoms. The molecule has 1 fully saturated rings. The SMILES string of the molecule is CCc1ccc(-n2cnc3cc(C(=O)NCC4CCCO4)ccc32)cc1. The molecule has 0 radical (unpaired) electrons. The van der Waals surface area contributed by atoms with Crippen molar-refractivity contribution >= 4 is 16.9 Å². The summed E-state index contributed by atoms with van der Waals surface area (Å²) in [6, 6.07) is 14.1. The first-order valence-electron chi connectivity index (χ1n) is 9.21. The fourth-order valence-electron chi connectivity index (χ4n) is 3.37. The number of amides is 1. The number of rotatable bonds is 5. The Bertz CT molecular complexity index is 909. The minimum atomic E-state index is -0.0794. The quantitative estimate of drug-likeness (QED) is 0.767. The van der Waals surface area contributed by atoms with Crippen LogP contribution in [0.5, 0.6) is 0 Å². The van der Waals surface area contributed by atoms with Crippen LogP contribution in [0.4, 0.5) is 0 Å². The van der Waals surface area contributed by atoms with Gasteiger partial charge in [0, 0.05) is 24.4 Å². The zero-order valence-electron chi connectivity index (χ0n) is 14.9. The summed E-state index contributed by atoms with van der Waals surface area (Å²) in [5.41, 5.74) is 4.81. The van der Waals surface area contributed by atoms with Crippen molar-refractivity contribution in [3.05, 3.63) is 59.9 Å². The second-order valence-electron chi connectivity index (χ2n) is 6.68. The molecule has 5 nitrogen and oxygen atoms in total. The van der Waals surface area contributed by atoms with Gasteiger partial charge in [-0.15, -0.1) is 0 Å². The predicted octanol–water partition coefficient (Wildman–Crippen LogP) is 3.50. The summed E-state index contributed by atoms with van der Waals surface area (Å²) in [7, 11) is 0. The molecule has 2 aromatic carbocycles. The average Bonchev–Trinajstić information content (AvgIpc) is 3.35. The Morgan fingerprint density at radius 3 is 2.85 bits per heavy atom. The lowest BCUT2D eigenvalue weighted by atomic mass is 10.1. The first-order valence-corrected chi connectivity index (χ1v) is 9.21. The highest BCUT2D eigenvalue weighted by molar-refractivity contribution is 5.97. The number of fused-ring (bicyclic) bond motifs is 1. The smallest absolute Gasteiger partial charge is 0.251 e. The third-order valence-corrected chi connectivity index (χ3v) is 4.95. The van der Waals surface area contributed by atoms with E-state index in [2.05, 4.69) is 41.5 Å². The molecule has 1 aromatic heterocycles. The van der Waals surface area contributed by atoms with Crippen molar-refractivity contribution < 1.29 is 9.53 Å². The average molecular weight is 349 g/mol. The normalized spacial score (nSPS) is 16.9. The summed E-state index contributed by atoms with van der Waals surface area (Å²) in [5.74, 6) is -0.0794. The summed E-state index contributed by atoms with van der Waals surface area (Å²) < 4.78 is 7.59. The molecule has 0 aliphatic carbocycles. The van der Waals surface area contributed by atoms with E-state index in [0.29, 0.717) is 12.1 Å². The zero-order chi connectivity index (χ0) is 17.9. The highest BCUT2D eigenvalue weighted by Gasteiger charge is 2.17. The van der Waals surface area contributed by atoms with Gasteiger partial charge < -0.3 is 10.1 Å². The van der Waals surface area contributed by atoms with Gasteiger partial charge in [-0.1, -0.05) is 19.1 Å². The van der Waals surface area contributed by atoms with Crippen LogP contribution in [-0.2, 0) is 11.2 Å². The second-order valence-corrected chi connectivity index (χ2v) is 6.68. The molecule has 0 saturated carbocycles. The Labute approximate surface area is 153 Å². The van der Waals surface area contributed by atoms with Crippen molar-refractivity contribution in [3.63, 3.8) is 0 Å². The summed E-state index contributed by atoms with van der Waals surface area (Å²) in [5, 5.41) is 2.96. The summed E-state index contributed by atoms with van der Waals surface area (Å²) in [6.45, 7) is 3.51. The van der Waals surface area contributed by atoms with Crippen molar-refractivity contribution in [2.75, 3.05) is 13.2 Å². The van der Waals surface area contributed by atoms with Gasteiger partial charge in [0.25, 0.3) is 5.91 Å². The molecular formula is C21H23N3O2. The van der Waals surface area contributed by atoms with E-state index in [1.165, 1.54) is 5.56 Å². The number of carbonyl (C=O) groups excluding carboxylic acids is 1. The van der Waals surface area contributed by atoms with Gasteiger partial charge in [0.05, 0.1) is 17.1 Å². The summed E-state index contributed by atoms with van der Waals surface area (Å²) in [4.78, 5) is 16.9. The first-order chi connectivity index (χ1) is 12.7. The highest BCUT2D eigenvalue weighted by atomic mass is 16.5. The molecular weight excluding hydrogens is 326 g/mol. The largest absolute Gasteiger partial charge is 0.376 e. The number of ether oxygens (including phenoxy) is 1. The van der Waals surface area contributed by atoms with Gasteiger partial charge in [0.15, 0.2) is 0 Å². The molecule has 1 amide bonds. The van der Waals surface area contributed by atoms with Gasteiger partial charge in [0.2, 0.25) is 0 Å². The molecule has 4 rings (SSSR count). The molecule has 1 unspecified atom stereocenters. The summed E-state index contributed by atoms with van der Waals surface area (Å²) in [6.07, 6.45) is 5.06. The fourth-order valence-corrected chi connectivity index (χ4v) is 3.37. The topological polar surface area (TPSA) is 56.2 Å². The van der Waals surface area contributed by atoms with Gasteiger partial charge in [-0.2, -0.15) is 0 Å². The van der Waals surface area contributed by atoms with Crippen LogP contribution < -0.4 is 5.32 Å². The van der Waals surface area contributed by atoms with E-state index in [1.807, 2.05) is 22.8 Å². The molecule has 1 N–H and O–H groups in total. The standard InChI is InChI=1S/C21H23N3O2/c1-2-15-5-8-17(9-6-15)24-14-23-19-12-16(7-10-20(19)24)21(25)22-13-18-4-3-11-26-18/h5-10,12,14,18H,2-4,11,13H2,1H3,(H,22,25). The highest BCUT2D eigenvalue weighted by Crippen LogP contribution is 2.20. The maximum absolute atomic E-state index is 12.4. The summed E-state index contributed by atoms with van der Waals surface area (Å²) >= 11 is 0. The van der Waals surface area contributed by atoms with Crippen molar-refractivity contribution in [1.82, 2.24) is 14.9 Å². The van der Waals surface area contributed by atoms with Crippen LogP contribution in [0.25, 0.3) is 16.7 Å². The number of aromatic nitrogens is 2. The van der Waals surface area contributed by atoms with Gasteiger partial charge in [0.1, 0.15) is 6.33 Å². The number of imidazole rings is 1. The number of nitrogens with zero attached hydrogens (tertiary/aromatic N) is 2. The minimum absolute atomic E-state index is 0.0794. The lowest BCUT2D eigenvalue weighted by Gasteiger charge is -2.11. The molecule has 1 aliphatic rings. The van der Waals surface area contributed by atoms with E-state index in [4.69, 9.17) is 4.74 Å². The van der Waals surface area contributed by atoms with Gasteiger partial charge >= 0.3 is 0 Å². The molecule has 1 saturated heterocycles. The molecule has 1 aliphatic heterocycles.